The van der Waals surface area contributed by atoms with Crippen molar-refractivity contribution < 1.29 is 0 Å². The van der Waals surface area contributed by atoms with Crippen LogP contribution in [0.2, 0.25) is 0 Å². The molecule has 10 aliphatic rings. The van der Waals surface area contributed by atoms with Gasteiger partial charge in [0, 0.05) is 65.9 Å². The summed E-state index contributed by atoms with van der Waals surface area (Å²) in [7, 11) is 0. The van der Waals surface area contributed by atoms with Crippen LogP contribution in [0.25, 0.3) is 0 Å². The molecule has 3 heteroatoms. The molecule has 3 nitrogen and oxygen atoms in total. The van der Waals surface area contributed by atoms with Gasteiger partial charge in [0.15, 0.2) is 0 Å². The summed E-state index contributed by atoms with van der Waals surface area (Å²) >= 11 is 0. The topological polar surface area (TPSA) is 14.8 Å². The molecular formula is C50H59N3. The second-order valence-corrected chi connectivity index (χ2v) is 19.6. The number of rotatable bonds is 5. The van der Waals surface area contributed by atoms with E-state index in [-0.39, 0.29) is 0 Å². The van der Waals surface area contributed by atoms with Gasteiger partial charge in [0.25, 0.3) is 0 Å². The highest BCUT2D eigenvalue weighted by Crippen LogP contribution is 2.51. The SMILES string of the molecule is CC(C)c1c2c(c3n1C3)C2.CC(C)c1c2c(cc3c1C3)C2.CC(C)c1c2c(n3c1C3)C2.CC(C)n1c2c(c3c1C3)C2.Cc1c2c(c(C(C)C)c3c1C3)C2. The number of hydrogen-bond acceptors (Lipinski definition) is 0. The fourth-order valence-corrected chi connectivity index (χ4v) is 11.0. The first-order valence-corrected chi connectivity index (χ1v) is 21.4. The Balaban J connectivity index is 0.0000000781. The Kier molecular flexibility index (Phi) is 6.62. The largest absolute Gasteiger partial charge is 0.345 e. The van der Waals surface area contributed by atoms with Crippen LogP contribution in [0.4, 0.5) is 0 Å². The molecule has 274 valence electrons. The fourth-order valence-electron chi connectivity index (χ4n) is 11.0. The first-order chi connectivity index (χ1) is 25.3. The van der Waals surface area contributed by atoms with Gasteiger partial charge in [0.1, 0.15) is 0 Å². The van der Waals surface area contributed by atoms with E-state index in [9.17, 15) is 0 Å². The molecule has 0 spiro atoms. The Morgan fingerprint density at radius 1 is 0.396 bits per heavy atom. The van der Waals surface area contributed by atoms with E-state index in [1.165, 1.54) is 64.5 Å². The van der Waals surface area contributed by atoms with E-state index in [0.29, 0.717) is 6.04 Å². The van der Waals surface area contributed by atoms with Gasteiger partial charge in [0.05, 0.1) is 13.1 Å². The molecule has 5 aromatic rings. The minimum Gasteiger partial charge on any atom is -0.345 e. The minimum atomic E-state index is 0.697. The summed E-state index contributed by atoms with van der Waals surface area (Å²) in [6.45, 7) is 27.8. The molecule has 2 aliphatic heterocycles. The molecule has 0 atom stereocenters. The molecule has 0 radical (unpaired) electrons. The van der Waals surface area contributed by atoms with Gasteiger partial charge in [-0.25, -0.2) is 0 Å². The van der Waals surface area contributed by atoms with Crippen LogP contribution >= 0.6 is 0 Å². The van der Waals surface area contributed by atoms with Crippen molar-refractivity contribution in [3.8, 4) is 0 Å². The number of nitrogens with zero attached hydrogens (tertiary/aromatic N) is 3. The lowest BCUT2D eigenvalue weighted by atomic mass is 10.0. The van der Waals surface area contributed by atoms with Gasteiger partial charge in [-0.05, 0) is 165 Å². The molecule has 15 rings (SSSR count). The van der Waals surface area contributed by atoms with Gasteiger partial charge >= 0.3 is 0 Å². The maximum Gasteiger partial charge on any atom is 0.0632 e. The zero-order valence-electron chi connectivity index (χ0n) is 34.4. The summed E-state index contributed by atoms with van der Waals surface area (Å²) in [6, 6.07) is 3.10. The van der Waals surface area contributed by atoms with E-state index in [2.05, 4.69) is 95.9 Å². The van der Waals surface area contributed by atoms with Crippen molar-refractivity contribution in [3.05, 3.63) is 135 Å². The van der Waals surface area contributed by atoms with E-state index in [4.69, 9.17) is 0 Å². The van der Waals surface area contributed by atoms with Crippen molar-refractivity contribution in [2.45, 2.75) is 170 Å². The van der Waals surface area contributed by atoms with Crippen molar-refractivity contribution >= 4 is 0 Å². The highest BCUT2D eigenvalue weighted by atomic mass is 15.2. The highest BCUT2D eigenvalue weighted by Gasteiger charge is 2.42. The van der Waals surface area contributed by atoms with E-state index < -0.39 is 0 Å². The molecule has 0 bridgehead atoms. The molecule has 53 heavy (non-hydrogen) atoms. The molecule has 2 aromatic carbocycles. The number of benzene rings is 2. The third-order valence-corrected chi connectivity index (χ3v) is 14.0. The molecule has 0 saturated carbocycles. The maximum absolute atomic E-state index is 2.52. The predicted molar refractivity (Wildman–Crippen MR) is 218 cm³/mol. The number of fused-ring (bicyclic) bond motifs is 13. The third kappa shape index (κ3) is 5.25. The van der Waals surface area contributed by atoms with Crippen LogP contribution in [0.1, 0.15) is 228 Å². The summed E-state index contributed by atoms with van der Waals surface area (Å²) in [4.78, 5) is 0. The average molecular weight is 702 g/mol. The fraction of sp³-hybridized carbons (Fsp3) is 0.520. The lowest BCUT2D eigenvalue weighted by Crippen LogP contribution is -2.00. The summed E-state index contributed by atoms with van der Waals surface area (Å²) in [5.41, 5.74) is 38.2. The summed E-state index contributed by atoms with van der Waals surface area (Å²) in [5.74, 6) is 3.00. The van der Waals surface area contributed by atoms with Crippen LogP contribution < -0.4 is 0 Å². The Bertz CT molecular complexity index is 2190. The van der Waals surface area contributed by atoms with Gasteiger partial charge in [-0.2, -0.15) is 0 Å². The minimum absolute atomic E-state index is 0.697. The molecule has 8 aliphatic carbocycles. The normalized spacial score (nSPS) is 16.7. The van der Waals surface area contributed by atoms with Gasteiger partial charge in [-0.1, -0.05) is 61.5 Å². The monoisotopic (exact) mass is 701 g/mol. The van der Waals surface area contributed by atoms with Crippen LogP contribution in [0.5, 0.6) is 0 Å². The van der Waals surface area contributed by atoms with E-state index in [1.807, 2.05) is 0 Å². The van der Waals surface area contributed by atoms with Crippen molar-refractivity contribution in [1.29, 1.82) is 0 Å². The van der Waals surface area contributed by atoms with Crippen LogP contribution in [0.3, 0.4) is 0 Å². The van der Waals surface area contributed by atoms with Gasteiger partial charge in [-0.3, -0.25) is 0 Å². The van der Waals surface area contributed by atoms with Gasteiger partial charge in [-0.15, -0.1) is 0 Å². The predicted octanol–water partition coefficient (Wildman–Crippen LogP) is 11.2. The van der Waals surface area contributed by atoms with Crippen molar-refractivity contribution in [3.63, 3.8) is 0 Å². The molecule has 0 fully saturated rings. The molecule has 0 saturated heterocycles. The van der Waals surface area contributed by atoms with Crippen LogP contribution in [0, 0.1) is 6.92 Å². The van der Waals surface area contributed by atoms with Gasteiger partial charge < -0.3 is 13.7 Å². The second kappa shape index (κ2) is 10.7. The number of hydrogen-bond donors (Lipinski definition) is 0. The molecule has 0 N–H and O–H groups in total. The van der Waals surface area contributed by atoms with E-state index in [1.54, 1.807) is 129 Å². The molecular weight excluding hydrogens is 643 g/mol. The summed E-state index contributed by atoms with van der Waals surface area (Å²) < 4.78 is 7.45. The van der Waals surface area contributed by atoms with Gasteiger partial charge in [0.2, 0.25) is 0 Å². The Morgan fingerprint density at radius 3 is 1.28 bits per heavy atom. The smallest absolute Gasteiger partial charge is 0.0632 e. The van der Waals surface area contributed by atoms with Crippen molar-refractivity contribution in [2.24, 2.45) is 0 Å². The Morgan fingerprint density at radius 2 is 0.887 bits per heavy atom. The zero-order valence-corrected chi connectivity index (χ0v) is 34.4. The third-order valence-electron chi connectivity index (χ3n) is 14.0. The Labute approximate surface area is 317 Å². The average Bonchev–Trinajstić information content (AvgIpc) is 3.90. The first-order valence-electron chi connectivity index (χ1n) is 21.4. The summed E-state index contributed by atoms with van der Waals surface area (Å²) in [6.07, 6.45) is 10.4. The van der Waals surface area contributed by atoms with Crippen molar-refractivity contribution in [2.75, 3.05) is 0 Å². The van der Waals surface area contributed by atoms with Crippen LogP contribution in [0.15, 0.2) is 6.07 Å². The lowest BCUT2D eigenvalue weighted by molar-refractivity contribution is 0.589. The molecule has 0 amide bonds. The highest BCUT2D eigenvalue weighted by molar-refractivity contribution is 5.70. The van der Waals surface area contributed by atoms with Crippen LogP contribution in [-0.4, -0.2) is 13.7 Å². The molecule has 5 heterocycles. The Hall–Kier alpha value is -3.72. The van der Waals surface area contributed by atoms with Crippen molar-refractivity contribution in [1.82, 2.24) is 13.7 Å². The first kappa shape index (κ1) is 32.7. The maximum atomic E-state index is 2.52. The second-order valence-electron chi connectivity index (χ2n) is 19.6. The standard InChI is InChI=1S/C12H14.C11H12.3C9H11N/c1-6(2)12-10-4-8(10)7(3)9-5-11(9)12;1-6(2)11-9-4-7(9)3-8-5-10(8)11;1-5(2)10-8-3-6(8)7-4-9(7)10;1-5(2)9-6-3-7(6)10-4-8(9)10;1-5(2)9-7-3-6(7)8-4-10(8)9/h6H,4-5H2,1-3H3;3,6H,4-5H2,1-2H3;3*5H,3-4H2,1-2H3. The lowest BCUT2D eigenvalue weighted by Gasteiger charge is -2.08. The number of aromatic nitrogens is 3. The zero-order chi connectivity index (χ0) is 36.7. The van der Waals surface area contributed by atoms with Crippen LogP contribution in [-0.2, 0) is 64.5 Å². The quantitative estimate of drug-likeness (QED) is 0.170. The van der Waals surface area contributed by atoms with E-state index in [0.717, 1.165) is 23.7 Å². The molecule has 3 aromatic heterocycles. The summed E-state index contributed by atoms with van der Waals surface area (Å²) in [5, 5.41) is 0. The van der Waals surface area contributed by atoms with E-state index >= 15 is 0 Å². The molecule has 0 unspecified atom stereocenters.